The molecular weight excluding hydrogens is 296 g/mol. The van der Waals surface area contributed by atoms with E-state index in [4.69, 9.17) is 16.3 Å². The van der Waals surface area contributed by atoms with Crippen LogP contribution in [-0.4, -0.2) is 18.7 Å². The number of amides is 1. The molecule has 2 aromatic rings. The first-order valence-corrected chi connectivity index (χ1v) is 7.10. The highest BCUT2D eigenvalue weighted by molar-refractivity contribution is 7.13. The fourth-order valence-corrected chi connectivity index (χ4v) is 2.37. The van der Waals surface area contributed by atoms with E-state index in [1.807, 2.05) is 19.1 Å². The summed E-state index contributed by atoms with van der Waals surface area (Å²) < 4.78 is 5.29. The first-order chi connectivity index (χ1) is 9.65. The van der Waals surface area contributed by atoms with Gasteiger partial charge in [0.15, 0.2) is 6.61 Å². The Kier molecular flexibility index (Phi) is 5.15. The number of carbonyl (C=O) groups is 1. The van der Waals surface area contributed by atoms with Crippen molar-refractivity contribution < 1.29 is 9.53 Å². The molecule has 104 valence electrons. The third-order valence-corrected chi connectivity index (χ3v) is 3.59. The topological polar surface area (TPSA) is 50.7 Å². The predicted octanol–water partition coefficient (Wildman–Crippen LogP) is 3.24. The number of aryl methyl sites for hydroxylation is 1. The lowest BCUT2D eigenvalue weighted by Crippen LogP contribution is -2.24. The third-order valence-electron chi connectivity index (χ3n) is 2.34. The Morgan fingerprint density at radius 1 is 1.40 bits per heavy atom. The number of thiophene rings is 1. The summed E-state index contributed by atoms with van der Waals surface area (Å²) in [7, 11) is 0. The second-order valence-electron chi connectivity index (χ2n) is 3.96. The van der Waals surface area contributed by atoms with Crippen molar-refractivity contribution in [2.24, 2.45) is 5.10 Å². The Hall–Kier alpha value is -1.85. The van der Waals surface area contributed by atoms with E-state index in [2.05, 4.69) is 10.5 Å². The number of nitrogens with one attached hydrogen (secondary N) is 1. The Balaban J connectivity index is 1.78. The molecule has 0 saturated carbocycles. The minimum atomic E-state index is -0.338. The zero-order valence-electron chi connectivity index (χ0n) is 10.8. The van der Waals surface area contributed by atoms with Crippen LogP contribution < -0.4 is 10.2 Å². The summed E-state index contributed by atoms with van der Waals surface area (Å²) in [4.78, 5) is 13.7. The largest absolute Gasteiger partial charge is 0.482 e. The molecular formula is C14H13ClN2O2S. The van der Waals surface area contributed by atoms with E-state index in [1.54, 1.807) is 41.8 Å². The molecule has 0 aliphatic rings. The average Bonchev–Trinajstić information content (AvgIpc) is 2.83. The molecule has 0 unspecified atom stereocenters. The van der Waals surface area contributed by atoms with Gasteiger partial charge < -0.3 is 4.74 Å². The lowest BCUT2D eigenvalue weighted by atomic mass is 10.3. The molecule has 0 aliphatic carbocycles. The van der Waals surface area contributed by atoms with Crippen molar-refractivity contribution >= 4 is 35.1 Å². The van der Waals surface area contributed by atoms with E-state index < -0.39 is 0 Å². The molecule has 20 heavy (non-hydrogen) atoms. The van der Waals surface area contributed by atoms with E-state index in [0.717, 1.165) is 4.88 Å². The van der Waals surface area contributed by atoms with Crippen molar-refractivity contribution in [2.75, 3.05) is 6.61 Å². The summed E-state index contributed by atoms with van der Waals surface area (Å²) in [6.07, 6.45) is 1.60. The fraction of sp³-hybridized carbons (Fsp3) is 0.143. The van der Waals surface area contributed by atoms with Gasteiger partial charge in [-0.25, -0.2) is 5.43 Å². The van der Waals surface area contributed by atoms with Crippen LogP contribution in [0.4, 0.5) is 0 Å². The van der Waals surface area contributed by atoms with Gasteiger partial charge in [0, 0.05) is 9.75 Å². The van der Waals surface area contributed by atoms with E-state index in [-0.39, 0.29) is 12.5 Å². The highest BCUT2D eigenvalue weighted by Gasteiger charge is 2.04. The summed E-state index contributed by atoms with van der Waals surface area (Å²) in [6.45, 7) is 1.88. The first kappa shape index (κ1) is 14.6. The standard InChI is InChI=1S/C14H13ClN2O2S/c1-10-6-7-11(20-10)8-16-17-14(18)9-19-13-5-3-2-4-12(13)15/h2-8H,9H2,1H3,(H,17,18)/b16-8-. The molecule has 0 saturated heterocycles. The molecule has 1 amide bonds. The Morgan fingerprint density at radius 3 is 2.90 bits per heavy atom. The molecule has 0 radical (unpaired) electrons. The zero-order valence-corrected chi connectivity index (χ0v) is 12.4. The monoisotopic (exact) mass is 308 g/mol. The van der Waals surface area contributed by atoms with E-state index in [1.165, 1.54) is 4.88 Å². The molecule has 0 bridgehead atoms. The van der Waals surface area contributed by atoms with E-state index in [9.17, 15) is 4.79 Å². The minimum absolute atomic E-state index is 0.134. The lowest BCUT2D eigenvalue weighted by molar-refractivity contribution is -0.123. The van der Waals surface area contributed by atoms with Crippen molar-refractivity contribution in [2.45, 2.75) is 6.92 Å². The molecule has 0 aliphatic heterocycles. The number of halogens is 1. The van der Waals surface area contributed by atoms with Gasteiger partial charge >= 0.3 is 0 Å². The van der Waals surface area contributed by atoms with Gasteiger partial charge in [0.25, 0.3) is 5.91 Å². The zero-order chi connectivity index (χ0) is 14.4. The van der Waals surface area contributed by atoms with Crippen LogP contribution in [0.15, 0.2) is 41.5 Å². The number of ether oxygens (including phenoxy) is 1. The van der Waals surface area contributed by atoms with Crippen LogP contribution in [0.25, 0.3) is 0 Å². The normalized spacial score (nSPS) is 10.7. The molecule has 0 fully saturated rings. The number of rotatable bonds is 5. The van der Waals surface area contributed by atoms with E-state index >= 15 is 0 Å². The maximum absolute atomic E-state index is 11.5. The van der Waals surface area contributed by atoms with Crippen LogP contribution in [0.2, 0.25) is 5.02 Å². The Bertz CT molecular complexity index is 625. The van der Waals surface area contributed by atoms with Crippen LogP contribution in [0.3, 0.4) is 0 Å². The van der Waals surface area contributed by atoms with Gasteiger partial charge in [-0.1, -0.05) is 23.7 Å². The molecule has 6 heteroatoms. The van der Waals surface area contributed by atoms with Crippen molar-refractivity contribution in [1.82, 2.24) is 5.43 Å². The van der Waals surface area contributed by atoms with Gasteiger partial charge in [-0.3, -0.25) is 4.79 Å². The molecule has 2 rings (SSSR count). The highest BCUT2D eigenvalue weighted by atomic mass is 35.5. The number of carbonyl (C=O) groups excluding carboxylic acids is 1. The second-order valence-corrected chi connectivity index (χ2v) is 5.69. The van der Waals surface area contributed by atoms with Crippen molar-refractivity contribution in [3.63, 3.8) is 0 Å². The van der Waals surface area contributed by atoms with Crippen molar-refractivity contribution in [3.8, 4) is 5.75 Å². The Labute approximate surface area is 126 Å². The smallest absolute Gasteiger partial charge is 0.277 e. The number of hydrogen-bond donors (Lipinski definition) is 1. The van der Waals surface area contributed by atoms with Crippen molar-refractivity contribution in [1.29, 1.82) is 0 Å². The fourth-order valence-electron chi connectivity index (χ4n) is 1.43. The number of benzene rings is 1. The number of hydrazone groups is 1. The van der Waals surface area contributed by atoms with Gasteiger partial charge in [-0.05, 0) is 31.2 Å². The van der Waals surface area contributed by atoms with Gasteiger partial charge in [0.2, 0.25) is 0 Å². The average molecular weight is 309 g/mol. The molecule has 1 aromatic heterocycles. The molecule has 1 N–H and O–H groups in total. The van der Waals surface area contributed by atoms with Gasteiger partial charge in [-0.15, -0.1) is 11.3 Å². The van der Waals surface area contributed by atoms with Crippen LogP contribution >= 0.6 is 22.9 Å². The quantitative estimate of drug-likeness (QED) is 0.681. The van der Waals surface area contributed by atoms with Gasteiger partial charge in [-0.2, -0.15) is 5.10 Å². The highest BCUT2D eigenvalue weighted by Crippen LogP contribution is 2.22. The van der Waals surface area contributed by atoms with Crippen LogP contribution in [0, 0.1) is 6.92 Å². The summed E-state index contributed by atoms with van der Waals surface area (Å²) >= 11 is 7.51. The first-order valence-electron chi connectivity index (χ1n) is 5.91. The molecule has 0 atom stereocenters. The summed E-state index contributed by atoms with van der Waals surface area (Å²) in [6, 6.07) is 10.9. The Morgan fingerprint density at radius 2 is 2.20 bits per heavy atom. The number of para-hydroxylation sites is 1. The number of hydrogen-bond acceptors (Lipinski definition) is 4. The van der Waals surface area contributed by atoms with Crippen molar-refractivity contribution in [3.05, 3.63) is 51.2 Å². The minimum Gasteiger partial charge on any atom is -0.482 e. The lowest BCUT2D eigenvalue weighted by Gasteiger charge is -2.06. The third kappa shape index (κ3) is 4.36. The predicted molar refractivity (Wildman–Crippen MR) is 81.7 cm³/mol. The van der Waals surface area contributed by atoms with Crippen LogP contribution in [-0.2, 0) is 4.79 Å². The van der Waals surface area contributed by atoms with E-state index in [0.29, 0.717) is 10.8 Å². The molecule has 4 nitrogen and oxygen atoms in total. The summed E-state index contributed by atoms with van der Waals surface area (Å²) in [5.41, 5.74) is 2.40. The maximum atomic E-state index is 11.5. The number of nitrogens with zero attached hydrogens (tertiary/aromatic N) is 1. The molecule has 1 aromatic carbocycles. The molecule has 1 heterocycles. The summed E-state index contributed by atoms with van der Waals surface area (Å²) in [5.74, 6) is 0.136. The molecule has 0 spiro atoms. The van der Waals surface area contributed by atoms with Gasteiger partial charge in [0.05, 0.1) is 11.2 Å². The second kappa shape index (κ2) is 7.07. The van der Waals surface area contributed by atoms with Crippen LogP contribution in [0.1, 0.15) is 9.75 Å². The van der Waals surface area contributed by atoms with Gasteiger partial charge in [0.1, 0.15) is 5.75 Å². The summed E-state index contributed by atoms with van der Waals surface area (Å²) in [5, 5.41) is 4.33. The van der Waals surface area contributed by atoms with Crippen LogP contribution in [0.5, 0.6) is 5.75 Å². The SMILES string of the molecule is Cc1ccc(/C=N\NC(=O)COc2ccccc2Cl)s1. The maximum Gasteiger partial charge on any atom is 0.277 e.